The Morgan fingerprint density at radius 2 is 2.50 bits per heavy atom. The van der Waals surface area contributed by atoms with Gasteiger partial charge in [0.1, 0.15) is 0 Å². The fourth-order valence-corrected chi connectivity index (χ4v) is 1.76. The Labute approximate surface area is 63.7 Å². The lowest BCUT2D eigenvalue weighted by molar-refractivity contribution is 0.275. The molecule has 1 nitrogen and oxygen atoms in total. The average Bonchev–Trinajstić information content (AvgIpc) is 2.36. The molecule has 0 aromatic rings. The minimum absolute atomic E-state index is 0.845. The summed E-state index contributed by atoms with van der Waals surface area (Å²) in [6.07, 6.45) is 6.08. The molecule has 1 heteroatoms. The van der Waals surface area contributed by atoms with Gasteiger partial charge in [-0.2, -0.15) is 0 Å². The van der Waals surface area contributed by atoms with Crippen molar-refractivity contribution in [2.45, 2.75) is 32.2 Å². The molecule has 1 atom stereocenters. The van der Waals surface area contributed by atoms with Gasteiger partial charge >= 0.3 is 0 Å². The average molecular weight is 139 g/mol. The minimum Gasteiger partial charge on any atom is -0.297 e. The van der Waals surface area contributed by atoms with Crippen molar-refractivity contribution in [3.63, 3.8) is 0 Å². The van der Waals surface area contributed by atoms with Crippen molar-refractivity contribution in [1.82, 2.24) is 4.90 Å². The highest BCUT2D eigenvalue weighted by molar-refractivity contribution is 4.83. The molecule has 0 amide bonds. The zero-order chi connectivity index (χ0) is 7.40. The minimum atomic E-state index is 0.845. The molecule has 0 radical (unpaired) electrons. The topological polar surface area (TPSA) is 3.24 Å². The zero-order valence-corrected chi connectivity index (χ0v) is 6.84. The van der Waals surface area contributed by atoms with E-state index in [2.05, 4.69) is 18.4 Å². The summed E-state index contributed by atoms with van der Waals surface area (Å²) in [5.74, 6) is 0. The molecule has 1 heterocycles. The first-order valence-corrected chi connectivity index (χ1v) is 4.23. The van der Waals surface area contributed by atoms with E-state index in [4.69, 9.17) is 0 Å². The Hall–Kier alpha value is -0.300. The van der Waals surface area contributed by atoms with Gasteiger partial charge in [0.2, 0.25) is 0 Å². The quantitative estimate of drug-likeness (QED) is 0.541. The van der Waals surface area contributed by atoms with Crippen LogP contribution in [-0.4, -0.2) is 24.0 Å². The molecule has 10 heavy (non-hydrogen) atoms. The van der Waals surface area contributed by atoms with Gasteiger partial charge in [-0.05, 0) is 25.8 Å². The van der Waals surface area contributed by atoms with Gasteiger partial charge < -0.3 is 0 Å². The third kappa shape index (κ3) is 1.60. The number of rotatable bonds is 3. The van der Waals surface area contributed by atoms with Crippen LogP contribution in [0.2, 0.25) is 0 Å². The number of likely N-dealkylation sites (tertiary alicyclic amines) is 1. The first kappa shape index (κ1) is 7.80. The summed E-state index contributed by atoms with van der Waals surface area (Å²) in [4.78, 5) is 2.52. The van der Waals surface area contributed by atoms with Crippen molar-refractivity contribution in [1.29, 1.82) is 0 Å². The second-order valence-electron chi connectivity index (χ2n) is 2.99. The largest absolute Gasteiger partial charge is 0.297 e. The molecule has 58 valence electrons. The molecule has 1 rings (SSSR count). The van der Waals surface area contributed by atoms with E-state index in [9.17, 15) is 0 Å². The van der Waals surface area contributed by atoms with Crippen LogP contribution in [0.3, 0.4) is 0 Å². The molecule has 1 unspecified atom stereocenters. The molecule has 0 N–H and O–H groups in total. The van der Waals surface area contributed by atoms with E-state index in [1.165, 1.54) is 25.8 Å². The van der Waals surface area contributed by atoms with E-state index in [1.54, 1.807) is 0 Å². The molecule has 0 spiro atoms. The highest BCUT2D eigenvalue weighted by Gasteiger charge is 2.20. The smallest absolute Gasteiger partial charge is 0.0163 e. The first-order chi connectivity index (χ1) is 4.88. The van der Waals surface area contributed by atoms with Gasteiger partial charge in [0, 0.05) is 12.6 Å². The molecule has 1 saturated heterocycles. The molecule has 1 fully saturated rings. The maximum absolute atomic E-state index is 3.75. The summed E-state index contributed by atoms with van der Waals surface area (Å²) in [6.45, 7) is 8.39. The number of nitrogens with zero attached hydrogens (tertiary/aromatic N) is 1. The van der Waals surface area contributed by atoms with E-state index >= 15 is 0 Å². The third-order valence-electron chi connectivity index (χ3n) is 2.33. The second kappa shape index (κ2) is 3.77. The van der Waals surface area contributed by atoms with Crippen LogP contribution in [-0.2, 0) is 0 Å². The number of hydrogen-bond acceptors (Lipinski definition) is 1. The van der Waals surface area contributed by atoms with Crippen LogP contribution >= 0.6 is 0 Å². The van der Waals surface area contributed by atoms with Gasteiger partial charge in [0.25, 0.3) is 0 Å². The van der Waals surface area contributed by atoms with Crippen LogP contribution in [0.25, 0.3) is 0 Å². The van der Waals surface area contributed by atoms with E-state index < -0.39 is 0 Å². The van der Waals surface area contributed by atoms with Gasteiger partial charge in [-0.3, -0.25) is 4.90 Å². The highest BCUT2D eigenvalue weighted by atomic mass is 15.2. The standard InChI is InChI=1S/C9H17N/c1-3-7-10-8-5-6-9(10)4-2/h3,9H,1,4-8H2,2H3. The maximum atomic E-state index is 3.75. The van der Waals surface area contributed by atoms with Crippen LogP contribution in [0.1, 0.15) is 26.2 Å². The fraction of sp³-hybridized carbons (Fsp3) is 0.778. The van der Waals surface area contributed by atoms with Crippen LogP contribution in [0.5, 0.6) is 0 Å². The molecule has 0 saturated carbocycles. The van der Waals surface area contributed by atoms with Crippen LogP contribution in [0.4, 0.5) is 0 Å². The van der Waals surface area contributed by atoms with Crippen molar-refractivity contribution >= 4 is 0 Å². The molecule has 1 aliphatic heterocycles. The summed E-state index contributed by atoms with van der Waals surface area (Å²) in [5.41, 5.74) is 0. The Bertz CT molecular complexity index is 109. The predicted octanol–water partition coefficient (Wildman–Crippen LogP) is 2.05. The monoisotopic (exact) mass is 139 g/mol. The first-order valence-electron chi connectivity index (χ1n) is 4.23. The Morgan fingerprint density at radius 3 is 3.10 bits per heavy atom. The SMILES string of the molecule is C=CCN1CCCC1CC. The summed E-state index contributed by atoms with van der Waals surface area (Å²) < 4.78 is 0. The predicted molar refractivity (Wildman–Crippen MR) is 45.1 cm³/mol. The third-order valence-corrected chi connectivity index (χ3v) is 2.33. The van der Waals surface area contributed by atoms with Crippen LogP contribution < -0.4 is 0 Å². The van der Waals surface area contributed by atoms with Gasteiger partial charge in [-0.15, -0.1) is 6.58 Å². The van der Waals surface area contributed by atoms with Crippen molar-refractivity contribution < 1.29 is 0 Å². The van der Waals surface area contributed by atoms with Crippen molar-refractivity contribution in [2.75, 3.05) is 13.1 Å². The molecular formula is C9H17N. The van der Waals surface area contributed by atoms with E-state index in [0.717, 1.165) is 12.6 Å². The van der Waals surface area contributed by atoms with E-state index in [1.807, 2.05) is 6.08 Å². The summed E-state index contributed by atoms with van der Waals surface area (Å²) in [7, 11) is 0. The van der Waals surface area contributed by atoms with Gasteiger partial charge in [-0.1, -0.05) is 13.0 Å². The molecular weight excluding hydrogens is 122 g/mol. The second-order valence-corrected chi connectivity index (χ2v) is 2.99. The lowest BCUT2D eigenvalue weighted by Gasteiger charge is -2.20. The summed E-state index contributed by atoms with van der Waals surface area (Å²) >= 11 is 0. The summed E-state index contributed by atoms with van der Waals surface area (Å²) in [6, 6.07) is 0.845. The molecule has 1 aliphatic rings. The van der Waals surface area contributed by atoms with Crippen LogP contribution in [0, 0.1) is 0 Å². The number of hydrogen-bond donors (Lipinski definition) is 0. The van der Waals surface area contributed by atoms with Crippen molar-refractivity contribution in [2.24, 2.45) is 0 Å². The molecule has 0 aliphatic carbocycles. The normalized spacial score (nSPS) is 27.1. The van der Waals surface area contributed by atoms with Gasteiger partial charge in [0.15, 0.2) is 0 Å². The van der Waals surface area contributed by atoms with Gasteiger partial charge in [-0.25, -0.2) is 0 Å². The van der Waals surface area contributed by atoms with E-state index in [-0.39, 0.29) is 0 Å². The lowest BCUT2D eigenvalue weighted by atomic mass is 10.2. The fourth-order valence-electron chi connectivity index (χ4n) is 1.76. The molecule has 0 bridgehead atoms. The highest BCUT2D eigenvalue weighted by Crippen LogP contribution is 2.18. The van der Waals surface area contributed by atoms with Crippen molar-refractivity contribution in [3.8, 4) is 0 Å². The Kier molecular flexibility index (Phi) is 2.94. The van der Waals surface area contributed by atoms with Crippen molar-refractivity contribution in [3.05, 3.63) is 12.7 Å². The van der Waals surface area contributed by atoms with Crippen LogP contribution in [0.15, 0.2) is 12.7 Å². The Balaban J connectivity index is 2.34. The maximum Gasteiger partial charge on any atom is 0.0163 e. The van der Waals surface area contributed by atoms with Gasteiger partial charge in [0.05, 0.1) is 0 Å². The Morgan fingerprint density at radius 1 is 1.70 bits per heavy atom. The zero-order valence-electron chi connectivity index (χ0n) is 6.84. The van der Waals surface area contributed by atoms with E-state index in [0.29, 0.717) is 0 Å². The molecule has 0 aromatic heterocycles. The molecule has 0 aromatic carbocycles. The lowest BCUT2D eigenvalue weighted by Crippen LogP contribution is -2.28. The summed E-state index contributed by atoms with van der Waals surface area (Å²) in [5, 5.41) is 0.